The maximum absolute atomic E-state index is 11.9. The van der Waals surface area contributed by atoms with Crippen molar-refractivity contribution in [1.29, 1.82) is 0 Å². The summed E-state index contributed by atoms with van der Waals surface area (Å²) in [4.78, 5) is 28.1. The van der Waals surface area contributed by atoms with Crippen LogP contribution >= 0.6 is 15.9 Å². The Balaban J connectivity index is 2.21. The van der Waals surface area contributed by atoms with Crippen molar-refractivity contribution in [3.63, 3.8) is 0 Å². The molecular weight excluding hydrogens is 282 g/mol. The summed E-state index contributed by atoms with van der Waals surface area (Å²) in [5, 5.41) is 0. The molecule has 0 unspecified atom stereocenters. The van der Waals surface area contributed by atoms with Crippen LogP contribution in [0, 0.1) is 0 Å². The monoisotopic (exact) mass is 291 g/mol. The maximum Gasteiger partial charge on any atom is 0.206 e. The van der Waals surface area contributed by atoms with Crippen molar-refractivity contribution in [2.24, 2.45) is 0 Å². The Labute approximate surface area is 107 Å². The molecule has 0 spiro atoms. The summed E-state index contributed by atoms with van der Waals surface area (Å²) >= 11 is 3.12. The second-order valence-electron chi connectivity index (χ2n) is 4.38. The van der Waals surface area contributed by atoms with Gasteiger partial charge in [0.25, 0.3) is 0 Å². The van der Waals surface area contributed by atoms with Gasteiger partial charge in [0.2, 0.25) is 11.6 Å². The number of carbonyl (C=O) groups excluding carboxylic acids is 2. The number of halogens is 1. The number of fused-ring (bicyclic) bond motifs is 2. The molecule has 0 N–H and O–H groups in total. The molecule has 0 fully saturated rings. The lowest BCUT2D eigenvalue weighted by Gasteiger charge is -2.19. The van der Waals surface area contributed by atoms with Gasteiger partial charge >= 0.3 is 0 Å². The fraction of sp³-hybridized carbons (Fsp3) is 0.308. The molecule has 0 radical (unpaired) electrons. The highest BCUT2D eigenvalue weighted by Gasteiger charge is 2.27. The number of Topliss-reactive ketones (excluding diaryl/α,β-unsaturated/α-hetero) is 1. The summed E-state index contributed by atoms with van der Waals surface area (Å²) in [6.45, 7) is 0. The van der Waals surface area contributed by atoms with Crippen LogP contribution in [-0.2, 0) is 12.8 Å². The largest absolute Gasteiger partial charge is 0.288 e. The highest BCUT2D eigenvalue weighted by Crippen LogP contribution is 2.28. The number of hydrogen-bond donors (Lipinski definition) is 0. The van der Waals surface area contributed by atoms with Crippen LogP contribution in [0.2, 0.25) is 0 Å². The topological polar surface area (TPSA) is 47.0 Å². The lowest BCUT2D eigenvalue weighted by atomic mass is 9.90. The minimum absolute atomic E-state index is 0.138. The van der Waals surface area contributed by atoms with E-state index in [9.17, 15) is 9.59 Å². The van der Waals surface area contributed by atoms with Gasteiger partial charge in [-0.05, 0) is 53.2 Å². The molecule has 0 aliphatic heterocycles. The van der Waals surface area contributed by atoms with Gasteiger partial charge in [-0.2, -0.15) is 0 Å². The average molecular weight is 292 g/mol. The summed E-state index contributed by atoms with van der Waals surface area (Å²) in [6, 6.07) is 1.85. The molecule has 0 amide bonds. The van der Waals surface area contributed by atoms with E-state index in [4.69, 9.17) is 0 Å². The fourth-order valence-electron chi connectivity index (χ4n) is 2.37. The van der Waals surface area contributed by atoms with Crippen LogP contribution in [0.5, 0.6) is 0 Å². The molecule has 3 rings (SSSR count). The number of aromatic nitrogens is 1. The molecular formula is C13H10BrNO2. The molecule has 0 aromatic carbocycles. The third-order valence-electron chi connectivity index (χ3n) is 3.25. The average Bonchev–Trinajstić information content (AvgIpc) is 2.34. The molecule has 0 bridgehead atoms. The van der Waals surface area contributed by atoms with Crippen molar-refractivity contribution in [3.05, 3.63) is 39.1 Å². The Kier molecular flexibility index (Phi) is 2.47. The Hall–Kier alpha value is -1.29. The molecule has 0 saturated heterocycles. The lowest BCUT2D eigenvalue weighted by molar-refractivity contribution is 0.0987. The predicted molar refractivity (Wildman–Crippen MR) is 66.6 cm³/mol. The summed E-state index contributed by atoms with van der Waals surface area (Å²) in [5.41, 5.74) is 2.88. The number of pyridine rings is 1. The molecule has 86 valence electrons. The van der Waals surface area contributed by atoms with Crippen molar-refractivity contribution >= 4 is 27.5 Å². The zero-order chi connectivity index (χ0) is 12.0. The number of hydrogen-bond acceptors (Lipinski definition) is 3. The second-order valence-corrected chi connectivity index (χ2v) is 5.24. The van der Waals surface area contributed by atoms with Gasteiger partial charge in [-0.3, -0.25) is 9.59 Å². The Morgan fingerprint density at radius 1 is 1.18 bits per heavy atom. The molecule has 1 aromatic heterocycles. The lowest BCUT2D eigenvalue weighted by Crippen LogP contribution is -2.19. The van der Waals surface area contributed by atoms with E-state index >= 15 is 0 Å². The third kappa shape index (κ3) is 1.67. The Bertz CT molecular complexity index is 575. The van der Waals surface area contributed by atoms with Crippen LogP contribution in [0.3, 0.4) is 0 Å². The van der Waals surface area contributed by atoms with E-state index < -0.39 is 0 Å². The standard InChI is InChI=1S/C13H10BrNO2/c14-9-6-11(16)12-8(13(9)17)5-7-3-1-2-4-10(7)15-12/h5-6H,1-4H2. The van der Waals surface area contributed by atoms with Crippen LogP contribution in [0.1, 0.15) is 44.9 Å². The van der Waals surface area contributed by atoms with E-state index in [2.05, 4.69) is 20.9 Å². The molecule has 0 saturated carbocycles. The molecule has 2 aliphatic rings. The maximum atomic E-state index is 11.9. The highest BCUT2D eigenvalue weighted by molar-refractivity contribution is 9.12. The number of aryl methyl sites for hydroxylation is 2. The van der Waals surface area contributed by atoms with Gasteiger partial charge in [0.1, 0.15) is 5.69 Å². The summed E-state index contributed by atoms with van der Waals surface area (Å²) in [7, 11) is 0. The van der Waals surface area contributed by atoms with Crippen LogP contribution in [0.15, 0.2) is 16.6 Å². The first-order valence-corrected chi connectivity index (χ1v) is 6.45. The van der Waals surface area contributed by atoms with Crippen molar-refractivity contribution in [2.45, 2.75) is 25.7 Å². The smallest absolute Gasteiger partial charge is 0.206 e. The number of allylic oxidation sites excluding steroid dienone is 2. The van der Waals surface area contributed by atoms with Crippen molar-refractivity contribution in [1.82, 2.24) is 4.98 Å². The summed E-state index contributed by atoms with van der Waals surface area (Å²) < 4.78 is 0.326. The van der Waals surface area contributed by atoms with E-state index in [1.165, 1.54) is 6.08 Å². The van der Waals surface area contributed by atoms with E-state index in [-0.39, 0.29) is 11.6 Å². The minimum Gasteiger partial charge on any atom is -0.288 e. The minimum atomic E-state index is -0.181. The van der Waals surface area contributed by atoms with Gasteiger partial charge in [-0.1, -0.05) is 0 Å². The normalized spacial score (nSPS) is 18.5. The van der Waals surface area contributed by atoms with Crippen LogP contribution in [0.25, 0.3) is 0 Å². The third-order valence-corrected chi connectivity index (χ3v) is 3.84. The Morgan fingerprint density at radius 3 is 2.76 bits per heavy atom. The summed E-state index contributed by atoms with van der Waals surface area (Å²) in [5.74, 6) is -0.319. The highest BCUT2D eigenvalue weighted by atomic mass is 79.9. The molecule has 1 aromatic rings. The molecule has 3 nitrogen and oxygen atoms in total. The zero-order valence-electron chi connectivity index (χ0n) is 9.12. The van der Waals surface area contributed by atoms with E-state index in [1.54, 1.807) is 0 Å². The van der Waals surface area contributed by atoms with Crippen LogP contribution < -0.4 is 0 Å². The SMILES string of the molecule is O=C1C(Br)=CC(=O)c2nc3c(cc21)CCCC3. The number of carbonyl (C=O) groups is 2. The molecule has 17 heavy (non-hydrogen) atoms. The van der Waals surface area contributed by atoms with Crippen molar-refractivity contribution in [3.8, 4) is 0 Å². The quantitative estimate of drug-likeness (QED) is 0.738. The first kappa shape index (κ1) is 10.8. The van der Waals surface area contributed by atoms with Crippen molar-refractivity contribution in [2.75, 3.05) is 0 Å². The number of ketones is 2. The molecule has 0 atom stereocenters. The number of nitrogens with zero attached hydrogens (tertiary/aromatic N) is 1. The Morgan fingerprint density at radius 2 is 1.94 bits per heavy atom. The van der Waals surface area contributed by atoms with Gasteiger partial charge < -0.3 is 0 Å². The molecule has 4 heteroatoms. The van der Waals surface area contributed by atoms with E-state index in [0.29, 0.717) is 15.7 Å². The first-order valence-electron chi connectivity index (χ1n) is 5.66. The van der Waals surface area contributed by atoms with Gasteiger partial charge in [0.05, 0.1) is 10.0 Å². The van der Waals surface area contributed by atoms with Gasteiger partial charge in [-0.15, -0.1) is 0 Å². The predicted octanol–water partition coefficient (Wildman–Crippen LogP) is 2.62. The van der Waals surface area contributed by atoms with E-state index in [0.717, 1.165) is 36.9 Å². The van der Waals surface area contributed by atoms with Gasteiger partial charge in [0, 0.05) is 11.8 Å². The van der Waals surface area contributed by atoms with Gasteiger partial charge in [0.15, 0.2) is 0 Å². The first-order chi connectivity index (χ1) is 8.16. The van der Waals surface area contributed by atoms with Gasteiger partial charge in [-0.25, -0.2) is 4.98 Å². The van der Waals surface area contributed by atoms with Crippen LogP contribution in [-0.4, -0.2) is 16.6 Å². The number of rotatable bonds is 0. The molecule has 1 heterocycles. The fourth-order valence-corrected chi connectivity index (χ4v) is 2.79. The van der Waals surface area contributed by atoms with E-state index in [1.807, 2.05) is 6.07 Å². The summed E-state index contributed by atoms with van der Waals surface area (Å²) in [6.07, 6.45) is 5.42. The molecule has 2 aliphatic carbocycles. The second kappa shape index (κ2) is 3.88. The van der Waals surface area contributed by atoms with Crippen molar-refractivity contribution < 1.29 is 9.59 Å². The zero-order valence-corrected chi connectivity index (χ0v) is 10.7. The van der Waals surface area contributed by atoms with Crippen LogP contribution in [0.4, 0.5) is 0 Å².